The number of allylic oxidation sites excluding steroid dienone is 2. The second kappa shape index (κ2) is 3.30. The van der Waals surface area contributed by atoms with Gasteiger partial charge in [0.2, 0.25) is 0 Å². The number of isothiocyanates is 1. The molecule has 1 aliphatic rings. The van der Waals surface area contributed by atoms with Crippen molar-refractivity contribution in [3.8, 4) is 0 Å². The maximum absolute atomic E-state index is 11.1. The number of hydrogen-bond donors (Lipinski definition) is 0. The first-order valence-electron chi connectivity index (χ1n) is 3.86. The summed E-state index contributed by atoms with van der Waals surface area (Å²) >= 11 is 4.52. The Morgan fingerprint density at radius 1 is 1.67 bits per heavy atom. The standard InChI is InChI=1S/C9H11NOS/c1-9(2)5-7(11)3-4-8(9)10-6-12/h4H,3,5H2,1-2H3. The predicted octanol–water partition coefficient (Wildman–Crippen LogP) is 2.36. The molecule has 0 heterocycles. The van der Waals surface area contributed by atoms with E-state index in [-0.39, 0.29) is 11.2 Å². The highest BCUT2D eigenvalue weighted by Gasteiger charge is 2.29. The maximum atomic E-state index is 11.1. The minimum absolute atomic E-state index is 0.166. The van der Waals surface area contributed by atoms with Crippen LogP contribution in [0.1, 0.15) is 26.7 Å². The molecule has 1 aliphatic carbocycles. The lowest BCUT2D eigenvalue weighted by Crippen LogP contribution is -2.22. The summed E-state index contributed by atoms with van der Waals surface area (Å²) in [6.45, 7) is 3.98. The average Bonchev–Trinajstić information content (AvgIpc) is 1.94. The molecule has 0 fully saturated rings. The third kappa shape index (κ3) is 1.87. The van der Waals surface area contributed by atoms with E-state index in [2.05, 4.69) is 22.4 Å². The summed E-state index contributed by atoms with van der Waals surface area (Å²) in [6.07, 6.45) is 2.88. The molecule has 0 unspecified atom stereocenters. The van der Waals surface area contributed by atoms with Crippen molar-refractivity contribution in [2.75, 3.05) is 0 Å². The Labute approximate surface area is 77.4 Å². The van der Waals surface area contributed by atoms with Crippen molar-refractivity contribution in [2.45, 2.75) is 26.7 Å². The van der Waals surface area contributed by atoms with E-state index in [1.165, 1.54) is 0 Å². The molecule has 0 aromatic rings. The van der Waals surface area contributed by atoms with Gasteiger partial charge in [-0.25, -0.2) is 0 Å². The zero-order chi connectivity index (χ0) is 9.19. The van der Waals surface area contributed by atoms with Crippen LogP contribution in [0.3, 0.4) is 0 Å². The zero-order valence-electron chi connectivity index (χ0n) is 7.26. The fourth-order valence-corrected chi connectivity index (χ4v) is 1.49. The van der Waals surface area contributed by atoms with E-state index in [1.807, 2.05) is 19.9 Å². The van der Waals surface area contributed by atoms with Crippen LogP contribution < -0.4 is 0 Å². The van der Waals surface area contributed by atoms with E-state index in [0.29, 0.717) is 12.8 Å². The molecule has 0 aromatic carbocycles. The summed E-state index contributed by atoms with van der Waals surface area (Å²) in [6, 6.07) is 0. The molecule has 0 aliphatic heterocycles. The van der Waals surface area contributed by atoms with Gasteiger partial charge in [-0.2, -0.15) is 4.99 Å². The quantitative estimate of drug-likeness (QED) is 0.459. The molecule has 0 saturated heterocycles. The minimum atomic E-state index is -0.166. The molecule has 12 heavy (non-hydrogen) atoms. The van der Waals surface area contributed by atoms with Crippen LogP contribution in [0.2, 0.25) is 0 Å². The van der Waals surface area contributed by atoms with Crippen LogP contribution in [0.5, 0.6) is 0 Å². The summed E-state index contributed by atoms with van der Waals surface area (Å²) in [7, 11) is 0. The zero-order valence-corrected chi connectivity index (χ0v) is 8.07. The smallest absolute Gasteiger partial charge is 0.137 e. The van der Waals surface area contributed by atoms with Crippen LogP contribution in [0.25, 0.3) is 0 Å². The van der Waals surface area contributed by atoms with Gasteiger partial charge in [0.25, 0.3) is 0 Å². The van der Waals surface area contributed by atoms with Crippen molar-refractivity contribution in [1.82, 2.24) is 0 Å². The van der Waals surface area contributed by atoms with Crippen molar-refractivity contribution in [1.29, 1.82) is 0 Å². The lowest BCUT2D eigenvalue weighted by Gasteiger charge is -2.26. The summed E-state index contributed by atoms with van der Waals surface area (Å²) in [5.74, 6) is 0.267. The van der Waals surface area contributed by atoms with Gasteiger partial charge in [-0.1, -0.05) is 19.9 Å². The SMILES string of the molecule is CC1(C)CC(=O)CC=C1N=C=S. The van der Waals surface area contributed by atoms with Crippen LogP contribution >= 0.6 is 12.2 Å². The van der Waals surface area contributed by atoms with Crippen molar-refractivity contribution in [3.05, 3.63) is 11.8 Å². The largest absolute Gasteiger partial charge is 0.299 e. The van der Waals surface area contributed by atoms with Gasteiger partial charge in [-0.05, 0) is 12.2 Å². The highest BCUT2D eigenvalue weighted by atomic mass is 32.1. The van der Waals surface area contributed by atoms with Crippen molar-refractivity contribution in [3.63, 3.8) is 0 Å². The van der Waals surface area contributed by atoms with Crippen LogP contribution in [-0.4, -0.2) is 10.9 Å². The van der Waals surface area contributed by atoms with Gasteiger partial charge in [0.05, 0.1) is 10.9 Å². The lowest BCUT2D eigenvalue weighted by atomic mass is 9.79. The fraction of sp³-hybridized carbons (Fsp3) is 0.556. The fourth-order valence-electron chi connectivity index (χ4n) is 1.39. The predicted molar refractivity (Wildman–Crippen MR) is 51.1 cm³/mol. The second-order valence-corrected chi connectivity index (χ2v) is 3.78. The molecule has 0 spiro atoms. The highest BCUT2D eigenvalue weighted by Crippen LogP contribution is 2.35. The average molecular weight is 181 g/mol. The molecule has 1 rings (SSSR count). The maximum Gasteiger partial charge on any atom is 0.137 e. The first kappa shape index (κ1) is 9.30. The van der Waals surface area contributed by atoms with Gasteiger partial charge in [0, 0.05) is 18.3 Å². The van der Waals surface area contributed by atoms with E-state index in [4.69, 9.17) is 0 Å². The third-order valence-electron chi connectivity index (χ3n) is 2.02. The number of thiocarbonyl (C=S) groups is 1. The molecule has 3 heteroatoms. The number of nitrogens with zero attached hydrogens (tertiary/aromatic N) is 1. The summed E-state index contributed by atoms with van der Waals surface area (Å²) < 4.78 is 0. The first-order valence-corrected chi connectivity index (χ1v) is 4.27. The molecule has 0 N–H and O–H groups in total. The number of ketones is 1. The Kier molecular flexibility index (Phi) is 2.55. The molecule has 64 valence electrons. The minimum Gasteiger partial charge on any atom is -0.299 e. The van der Waals surface area contributed by atoms with Gasteiger partial charge >= 0.3 is 0 Å². The van der Waals surface area contributed by atoms with Crippen molar-refractivity contribution < 1.29 is 4.79 Å². The molecule has 0 amide bonds. The van der Waals surface area contributed by atoms with E-state index in [9.17, 15) is 4.79 Å². The van der Waals surface area contributed by atoms with E-state index in [0.717, 1.165) is 5.70 Å². The van der Waals surface area contributed by atoms with Gasteiger partial charge < -0.3 is 0 Å². The van der Waals surface area contributed by atoms with Crippen molar-refractivity contribution in [2.24, 2.45) is 10.4 Å². The first-order chi connectivity index (χ1) is 5.56. The van der Waals surface area contributed by atoms with Crippen LogP contribution in [0, 0.1) is 5.41 Å². The Hall–Kier alpha value is -0.790. The molecule has 0 saturated carbocycles. The Bertz CT molecular complexity index is 285. The Morgan fingerprint density at radius 3 is 2.83 bits per heavy atom. The number of carbonyl (C=O) groups is 1. The van der Waals surface area contributed by atoms with Crippen LogP contribution in [0.4, 0.5) is 0 Å². The van der Waals surface area contributed by atoms with Crippen molar-refractivity contribution >= 4 is 23.2 Å². The van der Waals surface area contributed by atoms with E-state index in [1.54, 1.807) is 0 Å². The molecular formula is C9H11NOS. The van der Waals surface area contributed by atoms with E-state index >= 15 is 0 Å². The number of rotatable bonds is 1. The highest BCUT2D eigenvalue weighted by molar-refractivity contribution is 7.78. The number of carbonyl (C=O) groups excluding carboxylic acids is 1. The molecule has 0 aromatic heterocycles. The summed E-state index contributed by atoms with van der Waals surface area (Å²) in [5.41, 5.74) is 0.721. The van der Waals surface area contributed by atoms with Gasteiger partial charge in [0.1, 0.15) is 5.78 Å². The molecule has 0 radical (unpaired) electrons. The normalized spacial score (nSPS) is 21.2. The lowest BCUT2D eigenvalue weighted by molar-refractivity contribution is -0.120. The Balaban J connectivity index is 2.98. The number of Topliss-reactive ketones (excluding diaryl/α,β-unsaturated/α-hetero) is 1. The summed E-state index contributed by atoms with van der Waals surface area (Å²) in [4.78, 5) is 15.0. The molecular weight excluding hydrogens is 170 g/mol. The molecule has 2 nitrogen and oxygen atoms in total. The second-order valence-electron chi connectivity index (χ2n) is 3.60. The van der Waals surface area contributed by atoms with Crippen LogP contribution in [-0.2, 0) is 4.79 Å². The third-order valence-corrected chi connectivity index (χ3v) is 2.11. The molecule has 0 atom stereocenters. The topological polar surface area (TPSA) is 29.4 Å². The van der Waals surface area contributed by atoms with Gasteiger partial charge in [-0.3, -0.25) is 4.79 Å². The number of hydrogen-bond acceptors (Lipinski definition) is 3. The molecule has 0 bridgehead atoms. The van der Waals surface area contributed by atoms with E-state index < -0.39 is 0 Å². The summed E-state index contributed by atoms with van der Waals surface area (Å²) in [5, 5.41) is 2.34. The Morgan fingerprint density at radius 2 is 2.33 bits per heavy atom. The number of aliphatic imine (C=N–C) groups is 1. The van der Waals surface area contributed by atoms with Gasteiger partial charge in [0.15, 0.2) is 0 Å². The monoisotopic (exact) mass is 181 g/mol. The van der Waals surface area contributed by atoms with Crippen LogP contribution in [0.15, 0.2) is 16.8 Å². The van der Waals surface area contributed by atoms with Gasteiger partial charge in [-0.15, -0.1) is 0 Å².